The van der Waals surface area contributed by atoms with Crippen LogP contribution in [0.1, 0.15) is 12.8 Å². The third-order valence-electron chi connectivity index (χ3n) is 2.76. The predicted octanol–water partition coefficient (Wildman–Crippen LogP) is -0.620. The van der Waals surface area contributed by atoms with Crippen molar-refractivity contribution in [1.29, 1.82) is 0 Å². The first kappa shape index (κ1) is 10.5. The summed E-state index contributed by atoms with van der Waals surface area (Å²) in [5.41, 5.74) is 0.686. The normalized spacial score (nSPS) is 26.8. The second kappa shape index (κ2) is 4.09. The second-order valence-electron chi connectivity index (χ2n) is 3.34. The van der Waals surface area contributed by atoms with E-state index in [9.17, 15) is 5.11 Å². The van der Waals surface area contributed by atoms with Crippen LogP contribution in [0.5, 0.6) is 0 Å². The molecule has 1 unspecified atom stereocenters. The molecule has 1 aliphatic rings. The van der Waals surface area contributed by atoms with E-state index in [0.29, 0.717) is 0 Å². The molecule has 76 valence electrons. The highest BCUT2D eigenvalue weighted by Gasteiger charge is 2.35. The lowest BCUT2D eigenvalue weighted by Gasteiger charge is -2.39. The van der Waals surface area contributed by atoms with Crippen molar-refractivity contribution in [2.45, 2.75) is 24.6 Å². The zero-order valence-corrected chi connectivity index (χ0v) is 8.52. The van der Waals surface area contributed by atoms with Gasteiger partial charge in [0.15, 0.2) is 0 Å². The van der Waals surface area contributed by atoms with E-state index in [1.165, 1.54) is 0 Å². The number of nitrogens with one attached hydrogen (secondary N) is 3. The fourth-order valence-corrected chi connectivity index (χ4v) is 1.76. The Morgan fingerprint density at radius 2 is 2.00 bits per heavy atom. The molecule has 4 heteroatoms. The Hall–Kier alpha value is -0.580. The highest BCUT2D eigenvalue weighted by Crippen LogP contribution is 2.23. The number of likely N-dealkylation sites (N-methyl/N-ethyl adjacent to an activating group) is 2. The van der Waals surface area contributed by atoms with Gasteiger partial charge in [-0.25, -0.2) is 0 Å². The maximum Gasteiger partial charge on any atom is 0.116 e. The molecule has 0 spiro atoms. The molecule has 0 fully saturated rings. The van der Waals surface area contributed by atoms with Gasteiger partial charge < -0.3 is 10.4 Å². The highest BCUT2D eigenvalue weighted by molar-refractivity contribution is 5.18. The molecule has 0 amide bonds. The summed E-state index contributed by atoms with van der Waals surface area (Å²) >= 11 is 0. The van der Waals surface area contributed by atoms with Crippen LogP contribution >= 0.6 is 0 Å². The van der Waals surface area contributed by atoms with Crippen LogP contribution in [0.4, 0.5) is 0 Å². The fraction of sp³-hybridized carbons (Fsp3) is 0.778. The number of hydrogen-bond acceptors (Lipinski definition) is 4. The lowest BCUT2D eigenvalue weighted by atomic mass is 9.90. The van der Waals surface area contributed by atoms with Gasteiger partial charge in [-0.05, 0) is 33.0 Å². The van der Waals surface area contributed by atoms with Gasteiger partial charge >= 0.3 is 0 Å². The largest absolute Gasteiger partial charge is 0.392 e. The van der Waals surface area contributed by atoms with Gasteiger partial charge in [0.2, 0.25) is 0 Å². The average Bonchev–Trinajstić information content (AvgIpc) is 2.19. The molecule has 0 heterocycles. The van der Waals surface area contributed by atoms with Crippen LogP contribution in [-0.4, -0.2) is 38.0 Å². The number of aliphatic hydroxyl groups excluding tert-OH is 1. The van der Waals surface area contributed by atoms with Crippen LogP contribution < -0.4 is 16.0 Å². The van der Waals surface area contributed by atoms with E-state index >= 15 is 0 Å². The summed E-state index contributed by atoms with van der Waals surface area (Å²) in [4.78, 5) is 0. The van der Waals surface area contributed by atoms with Crippen LogP contribution in [-0.2, 0) is 0 Å². The van der Waals surface area contributed by atoms with Gasteiger partial charge in [0, 0.05) is 12.7 Å². The molecular weight excluding hydrogens is 166 g/mol. The van der Waals surface area contributed by atoms with Gasteiger partial charge in [0.05, 0.1) is 6.10 Å². The van der Waals surface area contributed by atoms with Gasteiger partial charge in [0.25, 0.3) is 0 Å². The standard InChI is InChI=1S/C9H19N3O/c1-10-7-4-5-8(13)9(6-7,11-2)12-3/h6,8,10-13H,4-5H2,1-3H3. The van der Waals surface area contributed by atoms with Crippen molar-refractivity contribution in [2.75, 3.05) is 21.1 Å². The van der Waals surface area contributed by atoms with Crippen LogP contribution in [0, 0.1) is 0 Å². The molecule has 0 radical (unpaired) electrons. The lowest BCUT2D eigenvalue weighted by molar-refractivity contribution is 0.0605. The first-order valence-electron chi connectivity index (χ1n) is 4.64. The molecule has 0 aromatic carbocycles. The summed E-state index contributed by atoms with van der Waals surface area (Å²) in [6.45, 7) is 0. The average molecular weight is 185 g/mol. The molecule has 1 atom stereocenters. The van der Waals surface area contributed by atoms with Crippen molar-refractivity contribution in [3.8, 4) is 0 Å². The summed E-state index contributed by atoms with van der Waals surface area (Å²) in [5.74, 6) is 0. The zero-order valence-electron chi connectivity index (χ0n) is 8.52. The smallest absolute Gasteiger partial charge is 0.116 e. The molecule has 1 aliphatic carbocycles. The number of allylic oxidation sites excluding steroid dienone is 1. The van der Waals surface area contributed by atoms with E-state index < -0.39 is 5.66 Å². The molecule has 13 heavy (non-hydrogen) atoms. The summed E-state index contributed by atoms with van der Waals surface area (Å²) in [7, 11) is 5.59. The maximum absolute atomic E-state index is 9.84. The molecule has 0 aromatic rings. The maximum atomic E-state index is 9.84. The lowest BCUT2D eigenvalue weighted by Crippen LogP contribution is -2.62. The van der Waals surface area contributed by atoms with Crippen molar-refractivity contribution in [1.82, 2.24) is 16.0 Å². The molecule has 0 bridgehead atoms. The molecule has 4 nitrogen and oxygen atoms in total. The van der Waals surface area contributed by atoms with Crippen molar-refractivity contribution in [3.63, 3.8) is 0 Å². The molecular formula is C9H19N3O. The van der Waals surface area contributed by atoms with E-state index in [2.05, 4.69) is 16.0 Å². The van der Waals surface area contributed by atoms with Gasteiger partial charge in [-0.3, -0.25) is 10.6 Å². The summed E-state index contributed by atoms with van der Waals surface area (Å²) in [5, 5.41) is 19.2. The Balaban J connectivity index is 2.89. The highest BCUT2D eigenvalue weighted by atomic mass is 16.3. The molecule has 0 saturated heterocycles. The van der Waals surface area contributed by atoms with Gasteiger partial charge in [0.1, 0.15) is 5.66 Å². The van der Waals surface area contributed by atoms with E-state index in [-0.39, 0.29) is 6.10 Å². The Labute approximate surface area is 79.4 Å². The van der Waals surface area contributed by atoms with Gasteiger partial charge in [-0.2, -0.15) is 0 Å². The number of hydrogen-bond donors (Lipinski definition) is 4. The Bertz CT molecular complexity index is 199. The molecule has 0 saturated carbocycles. The van der Waals surface area contributed by atoms with Crippen LogP contribution in [0.25, 0.3) is 0 Å². The third-order valence-corrected chi connectivity index (χ3v) is 2.76. The van der Waals surface area contributed by atoms with Crippen molar-refractivity contribution in [3.05, 3.63) is 11.8 Å². The zero-order chi connectivity index (χ0) is 9.90. The molecule has 0 aromatic heterocycles. The van der Waals surface area contributed by atoms with Crippen molar-refractivity contribution in [2.24, 2.45) is 0 Å². The van der Waals surface area contributed by atoms with Crippen LogP contribution in [0.15, 0.2) is 11.8 Å². The van der Waals surface area contributed by atoms with Crippen molar-refractivity contribution < 1.29 is 5.11 Å². The third kappa shape index (κ3) is 1.85. The second-order valence-corrected chi connectivity index (χ2v) is 3.34. The van der Waals surface area contributed by atoms with Crippen LogP contribution in [0.2, 0.25) is 0 Å². The van der Waals surface area contributed by atoms with Gasteiger partial charge in [-0.1, -0.05) is 0 Å². The number of aliphatic hydroxyl groups is 1. The van der Waals surface area contributed by atoms with Crippen molar-refractivity contribution >= 4 is 0 Å². The van der Waals surface area contributed by atoms with E-state index in [1.54, 1.807) is 0 Å². The Morgan fingerprint density at radius 1 is 1.38 bits per heavy atom. The predicted molar refractivity (Wildman–Crippen MR) is 53.2 cm³/mol. The van der Waals surface area contributed by atoms with E-state index in [1.807, 2.05) is 27.2 Å². The summed E-state index contributed by atoms with van der Waals surface area (Å²) in [6, 6.07) is 0. The minimum Gasteiger partial charge on any atom is -0.392 e. The SMILES string of the molecule is CNC1=CC(NC)(NC)C(O)CC1. The van der Waals surface area contributed by atoms with E-state index in [4.69, 9.17) is 0 Å². The molecule has 1 rings (SSSR count). The monoisotopic (exact) mass is 185 g/mol. The van der Waals surface area contributed by atoms with Gasteiger partial charge in [-0.15, -0.1) is 0 Å². The first-order valence-corrected chi connectivity index (χ1v) is 4.64. The van der Waals surface area contributed by atoms with Crippen LogP contribution in [0.3, 0.4) is 0 Å². The topological polar surface area (TPSA) is 56.3 Å². The minimum absolute atomic E-state index is 0.375. The Morgan fingerprint density at radius 3 is 2.46 bits per heavy atom. The summed E-state index contributed by atoms with van der Waals surface area (Å²) < 4.78 is 0. The first-order chi connectivity index (χ1) is 6.18. The Kier molecular flexibility index (Phi) is 3.30. The quantitative estimate of drug-likeness (QED) is 0.443. The molecule has 0 aliphatic heterocycles. The minimum atomic E-state index is -0.476. The number of rotatable bonds is 3. The molecule has 4 N–H and O–H groups in total. The fourth-order valence-electron chi connectivity index (χ4n) is 1.76. The summed E-state index contributed by atoms with van der Waals surface area (Å²) in [6.07, 6.45) is 3.32. The van der Waals surface area contributed by atoms with E-state index in [0.717, 1.165) is 18.5 Å².